The summed E-state index contributed by atoms with van der Waals surface area (Å²) in [5.41, 5.74) is 0. The molecule has 0 radical (unpaired) electrons. The number of halogens is 1. The molecule has 1 aromatic rings. The number of carbonyl (C=O) groups is 1. The Kier molecular flexibility index (Phi) is 2.73. The highest BCUT2D eigenvalue weighted by molar-refractivity contribution is 5.85. The van der Waals surface area contributed by atoms with Gasteiger partial charge in [0.1, 0.15) is 0 Å². The van der Waals surface area contributed by atoms with Crippen molar-refractivity contribution in [3.63, 3.8) is 0 Å². The highest BCUT2D eigenvalue weighted by Crippen LogP contribution is 1.93. The molecule has 0 saturated heterocycles. The van der Waals surface area contributed by atoms with Crippen molar-refractivity contribution < 1.29 is 14.4 Å². The van der Waals surface area contributed by atoms with Crippen molar-refractivity contribution in [2.24, 2.45) is 0 Å². The first-order chi connectivity index (χ1) is 3.80. The van der Waals surface area contributed by atoms with Crippen LogP contribution in [0.5, 0.6) is 0 Å². The van der Waals surface area contributed by atoms with Crippen molar-refractivity contribution in [2.75, 3.05) is 0 Å². The zero-order chi connectivity index (χ0) is 5.98. The number of carboxylic acid groups (broad SMARTS) is 1. The van der Waals surface area contributed by atoms with Gasteiger partial charge in [0, 0.05) is 6.07 Å². The van der Waals surface area contributed by atoms with E-state index >= 15 is 0 Å². The van der Waals surface area contributed by atoms with Crippen LogP contribution in [-0.2, 0) is 0 Å². The minimum atomic E-state index is -1.09. The molecule has 0 aliphatic rings. The molecule has 50 valence electrons. The lowest BCUT2D eigenvalue weighted by atomic mass is 10.5. The molecule has 0 atom stereocenters. The molecule has 1 rings (SSSR count). The van der Waals surface area contributed by atoms with Gasteiger partial charge in [-0.1, -0.05) is 5.16 Å². The monoisotopic (exact) mass is 149 g/mol. The molecule has 0 spiro atoms. The Labute approximate surface area is 56.9 Å². The molecule has 9 heavy (non-hydrogen) atoms. The van der Waals surface area contributed by atoms with Crippen LogP contribution in [0, 0.1) is 0 Å². The van der Waals surface area contributed by atoms with E-state index < -0.39 is 5.97 Å². The number of aromatic nitrogens is 1. The van der Waals surface area contributed by atoms with Crippen LogP contribution in [0.3, 0.4) is 0 Å². The molecule has 0 saturated carbocycles. The highest BCUT2D eigenvalue weighted by atomic mass is 35.5. The van der Waals surface area contributed by atoms with Crippen LogP contribution < -0.4 is 0 Å². The Morgan fingerprint density at radius 3 is 2.67 bits per heavy atom. The van der Waals surface area contributed by atoms with Crippen LogP contribution in [0.15, 0.2) is 16.8 Å². The third-order valence-electron chi connectivity index (χ3n) is 0.649. The Bertz CT molecular complexity index is 184. The van der Waals surface area contributed by atoms with Gasteiger partial charge < -0.3 is 9.63 Å². The zero-order valence-corrected chi connectivity index (χ0v) is 5.09. The first-order valence-electron chi connectivity index (χ1n) is 1.94. The normalized spacial score (nSPS) is 8.00. The lowest BCUT2D eigenvalue weighted by Crippen LogP contribution is -1.91. The number of aromatic carboxylic acids is 1. The Hall–Kier alpha value is -1.03. The molecule has 0 fully saturated rings. The fourth-order valence-corrected chi connectivity index (χ4v) is 0.326. The molecule has 0 aliphatic carbocycles. The van der Waals surface area contributed by atoms with Crippen LogP contribution in [0.2, 0.25) is 0 Å². The van der Waals surface area contributed by atoms with Crippen molar-refractivity contribution in [1.82, 2.24) is 5.16 Å². The molecule has 0 aromatic carbocycles. The van der Waals surface area contributed by atoms with E-state index in [2.05, 4.69) is 9.68 Å². The minimum absolute atomic E-state index is 0. The first-order valence-corrected chi connectivity index (χ1v) is 1.94. The molecular weight excluding hydrogens is 146 g/mol. The number of carboxylic acids is 1. The molecule has 0 unspecified atom stereocenters. The number of hydrogen-bond acceptors (Lipinski definition) is 3. The first kappa shape index (κ1) is 7.97. The van der Waals surface area contributed by atoms with Crippen LogP contribution in [0.25, 0.3) is 0 Å². The maximum atomic E-state index is 9.93. The van der Waals surface area contributed by atoms with Crippen LogP contribution >= 0.6 is 12.4 Å². The molecule has 1 heterocycles. The van der Waals surface area contributed by atoms with Crippen LogP contribution in [-0.4, -0.2) is 16.2 Å². The smallest absolute Gasteiger partial charge is 0.374 e. The van der Waals surface area contributed by atoms with E-state index in [1.807, 2.05) is 0 Å². The van der Waals surface area contributed by atoms with E-state index in [-0.39, 0.29) is 18.2 Å². The second-order valence-electron chi connectivity index (χ2n) is 1.18. The van der Waals surface area contributed by atoms with Crippen molar-refractivity contribution >= 4 is 18.4 Å². The Morgan fingerprint density at radius 1 is 1.78 bits per heavy atom. The van der Waals surface area contributed by atoms with Gasteiger partial charge in [0.05, 0.1) is 6.20 Å². The van der Waals surface area contributed by atoms with E-state index in [4.69, 9.17) is 5.11 Å². The summed E-state index contributed by atoms with van der Waals surface area (Å²) in [7, 11) is 0. The second-order valence-corrected chi connectivity index (χ2v) is 1.18. The van der Waals surface area contributed by atoms with E-state index in [1.54, 1.807) is 0 Å². The van der Waals surface area contributed by atoms with E-state index in [0.717, 1.165) is 0 Å². The largest absolute Gasteiger partial charge is 0.475 e. The number of rotatable bonds is 1. The maximum Gasteiger partial charge on any atom is 0.374 e. The van der Waals surface area contributed by atoms with E-state index in [0.29, 0.717) is 0 Å². The molecular formula is C4H4ClNO3. The summed E-state index contributed by atoms with van der Waals surface area (Å²) in [6, 6.07) is 1.28. The SMILES string of the molecule is Cl.O=C(O)c1ccno1. The summed E-state index contributed by atoms with van der Waals surface area (Å²) in [6.07, 6.45) is 1.28. The van der Waals surface area contributed by atoms with Gasteiger partial charge in [-0.25, -0.2) is 4.79 Å². The number of hydrogen-bond donors (Lipinski definition) is 1. The standard InChI is InChI=1S/C4H3NO3.ClH/c6-4(7)3-1-2-5-8-3;/h1-2H,(H,6,7);1H. The second kappa shape index (κ2) is 3.09. The summed E-state index contributed by atoms with van der Waals surface area (Å²) in [6.45, 7) is 0. The lowest BCUT2D eigenvalue weighted by Gasteiger charge is -1.76. The van der Waals surface area contributed by atoms with Gasteiger partial charge in [0.2, 0.25) is 5.76 Å². The Balaban J connectivity index is 0.000000640. The summed E-state index contributed by atoms with van der Waals surface area (Å²) in [5, 5.41) is 11.3. The van der Waals surface area contributed by atoms with Gasteiger partial charge in [-0.3, -0.25) is 0 Å². The van der Waals surface area contributed by atoms with Crippen LogP contribution in [0.4, 0.5) is 0 Å². The third kappa shape index (κ3) is 1.73. The molecule has 0 bridgehead atoms. The molecule has 1 aromatic heterocycles. The summed E-state index contributed by atoms with van der Waals surface area (Å²) in [5.74, 6) is -1.23. The number of nitrogens with zero attached hydrogens (tertiary/aromatic N) is 1. The molecule has 5 heteroatoms. The van der Waals surface area contributed by atoms with E-state index in [9.17, 15) is 4.79 Å². The summed E-state index contributed by atoms with van der Waals surface area (Å²) < 4.78 is 4.25. The van der Waals surface area contributed by atoms with Crippen molar-refractivity contribution in [2.45, 2.75) is 0 Å². The van der Waals surface area contributed by atoms with Gasteiger partial charge in [0.15, 0.2) is 0 Å². The van der Waals surface area contributed by atoms with Gasteiger partial charge in [-0.15, -0.1) is 12.4 Å². The summed E-state index contributed by atoms with van der Waals surface area (Å²) in [4.78, 5) is 9.93. The van der Waals surface area contributed by atoms with Gasteiger partial charge in [-0.2, -0.15) is 0 Å². The lowest BCUT2D eigenvalue weighted by molar-refractivity contribution is 0.0652. The topological polar surface area (TPSA) is 63.3 Å². The van der Waals surface area contributed by atoms with Gasteiger partial charge in [-0.05, 0) is 0 Å². The maximum absolute atomic E-state index is 9.93. The van der Waals surface area contributed by atoms with Crippen molar-refractivity contribution in [1.29, 1.82) is 0 Å². The average molecular weight is 150 g/mol. The minimum Gasteiger partial charge on any atom is -0.475 e. The molecule has 1 N–H and O–H groups in total. The van der Waals surface area contributed by atoms with E-state index in [1.165, 1.54) is 12.3 Å². The predicted octanol–water partition coefficient (Wildman–Crippen LogP) is 0.795. The third-order valence-corrected chi connectivity index (χ3v) is 0.649. The fraction of sp³-hybridized carbons (Fsp3) is 0. The van der Waals surface area contributed by atoms with Crippen molar-refractivity contribution in [3.8, 4) is 0 Å². The molecule has 0 aliphatic heterocycles. The average Bonchev–Trinajstić information content (AvgIpc) is 2.12. The molecule has 0 amide bonds. The van der Waals surface area contributed by atoms with Gasteiger partial charge >= 0.3 is 5.97 Å². The van der Waals surface area contributed by atoms with Crippen molar-refractivity contribution in [3.05, 3.63) is 18.0 Å². The summed E-state index contributed by atoms with van der Waals surface area (Å²) >= 11 is 0. The predicted molar refractivity (Wildman–Crippen MR) is 30.7 cm³/mol. The Morgan fingerprint density at radius 2 is 2.44 bits per heavy atom. The molecule has 4 nitrogen and oxygen atoms in total. The quantitative estimate of drug-likeness (QED) is 0.641. The van der Waals surface area contributed by atoms with Gasteiger partial charge in [0.25, 0.3) is 0 Å². The zero-order valence-electron chi connectivity index (χ0n) is 4.27. The van der Waals surface area contributed by atoms with Crippen LogP contribution in [0.1, 0.15) is 10.6 Å². The fourth-order valence-electron chi connectivity index (χ4n) is 0.326. The highest BCUT2D eigenvalue weighted by Gasteiger charge is 2.03.